The molecule has 4 aromatic rings. The highest BCUT2D eigenvalue weighted by Crippen LogP contribution is 2.30. The number of halogens is 3. The first-order valence-corrected chi connectivity index (χ1v) is 10.5. The lowest BCUT2D eigenvalue weighted by atomic mass is 10.2. The van der Waals surface area contributed by atoms with Crippen molar-refractivity contribution >= 4 is 34.9 Å². The van der Waals surface area contributed by atoms with Crippen LogP contribution in [0.15, 0.2) is 66.9 Å². The third-order valence-electron chi connectivity index (χ3n) is 4.84. The molecule has 4 N–H and O–H groups in total. The maximum Gasteiger partial charge on any atom is 0.573 e. The zero-order chi connectivity index (χ0) is 26.6. The Bertz CT molecular complexity index is 1470. The van der Waals surface area contributed by atoms with E-state index in [-0.39, 0.29) is 16.9 Å². The first kappa shape index (κ1) is 25.0. The van der Waals surface area contributed by atoms with Crippen molar-refractivity contribution in [3.63, 3.8) is 0 Å². The Morgan fingerprint density at radius 2 is 1.68 bits per heavy atom. The number of rotatable bonds is 7. The fourth-order valence-electron chi connectivity index (χ4n) is 3.31. The van der Waals surface area contributed by atoms with Gasteiger partial charge in [0, 0.05) is 17.4 Å². The molecule has 3 amide bonds. The molecule has 190 valence electrons. The Morgan fingerprint density at radius 1 is 0.946 bits per heavy atom. The molecule has 14 heteroatoms. The summed E-state index contributed by atoms with van der Waals surface area (Å²) >= 11 is 0. The number of carboxylic acid groups (broad SMARTS) is 1. The van der Waals surface area contributed by atoms with Gasteiger partial charge in [0.15, 0.2) is 17.2 Å². The molecule has 0 saturated heterocycles. The van der Waals surface area contributed by atoms with Gasteiger partial charge in [0.05, 0.1) is 11.3 Å². The SMILES string of the molecule is O=C(O)CNC(=O)c1cccn2c(-c3ccc(NC(=O)Nc4ccccc4OC(F)(F)F)cc3)nnc12. The van der Waals surface area contributed by atoms with Crippen LogP contribution in [-0.2, 0) is 4.79 Å². The van der Waals surface area contributed by atoms with Gasteiger partial charge in [-0.2, -0.15) is 0 Å². The van der Waals surface area contributed by atoms with Crippen LogP contribution in [0.3, 0.4) is 0 Å². The minimum Gasteiger partial charge on any atom is -0.480 e. The molecule has 0 bridgehead atoms. The van der Waals surface area contributed by atoms with E-state index in [2.05, 4.69) is 30.9 Å². The summed E-state index contributed by atoms with van der Waals surface area (Å²) in [7, 11) is 0. The normalized spacial score (nSPS) is 11.1. The van der Waals surface area contributed by atoms with Gasteiger partial charge < -0.3 is 25.8 Å². The molecular formula is C23H17F3N6O5. The number of hydrogen-bond donors (Lipinski definition) is 4. The Labute approximate surface area is 205 Å². The molecule has 0 aliphatic carbocycles. The fourth-order valence-corrected chi connectivity index (χ4v) is 3.31. The zero-order valence-electron chi connectivity index (χ0n) is 18.6. The van der Waals surface area contributed by atoms with Gasteiger partial charge in [0.1, 0.15) is 6.54 Å². The second-order valence-electron chi connectivity index (χ2n) is 7.42. The minimum absolute atomic E-state index is 0.132. The topological polar surface area (TPSA) is 147 Å². The number of nitrogens with one attached hydrogen (secondary N) is 3. The molecule has 2 heterocycles. The van der Waals surface area contributed by atoms with Gasteiger partial charge in [-0.1, -0.05) is 12.1 Å². The van der Waals surface area contributed by atoms with E-state index in [1.165, 1.54) is 36.4 Å². The number of aliphatic carboxylic acids is 1. The summed E-state index contributed by atoms with van der Waals surface area (Å²) < 4.78 is 43.2. The Morgan fingerprint density at radius 3 is 2.38 bits per heavy atom. The number of nitrogens with zero attached hydrogens (tertiary/aromatic N) is 3. The number of carboxylic acids is 1. The number of amides is 3. The highest BCUT2D eigenvalue weighted by molar-refractivity contribution is 6.01. The lowest BCUT2D eigenvalue weighted by Gasteiger charge is -2.14. The monoisotopic (exact) mass is 514 g/mol. The quantitative estimate of drug-likeness (QED) is 0.294. The summed E-state index contributed by atoms with van der Waals surface area (Å²) in [5, 5.41) is 24.0. The van der Waals surface area contributed by atoms with Crippen LogP contribution in [0.2, 0.25) is 0 Å². The third-order valence-corrected chi connectivity index (χ3v) is 4.84. The molecule has 37 heavy (non-hydrogen) atoms. The van der Waals surface area contributed by atoms with Crippen LogP contribution < -0.4 is 20.7 Å². The molecule has 11 nitrogen and oxygen atoms in total. The number of anilines is 2. The maximum atomic E-state index is 12.6. The average Bonchev–Trinajstić information content (AvgIpc) is 3.27. The predicted octanol–water partition coefficient (Wildman–Crippen LogP) is 3.75. The number of ether oxygens (including phenoxy) is 1. The van der Waals surface area contributed by atoms with Gasteiger partial charge in [-0.15, -0.1) is 23.4 Å². The molecule has 0 spiro atoms. The van der Waals surface area contributed by atoms with E-state index in [0.29, 0.717) is 17.1 Å². The standard InChI is InChI=1S/C23H17F3N6O5/c24-23(25,26)37-17-6-2-1-5-16(17)29-22(36)28-14-9-7-13(8-10-14)19-30-31-20-15(4-3-11-32(19)20)21(35)27-12-18(33)34/h1-11H,12H2,(H,27,35)(H,33,34)(H2,28,29,36). The second-order valence-corrected chi connectivity index (χ2v) is 7.42. The Hall–Kier alpha value is -5.14. The molecule has 0 saturated carbocycles. The van der Waals surface area contributed by atoms with Gasteiger partial charge >= 0.3 is 18.4 Å². The van der Waals surface area contributed by atoms with Crippen LogP contribution in [0.1, 0.15) is 10.4 Å². The summed E-state index contributed by atoms with van der Waals surface area (Å²) in [4.78, 5) is 35.3. The van der Waals surface area contributed by atoms with Crippen molar-refractivity contribution in [1.82, 2.24) is 19.9 Å². The van der Waals surface area contributed by atoms with Crippen molar-refractivity contribution in [1.29, 1.82) is 0 Å². The summed E-state index contributed by atoms with van der Waals surface area (Å²) in [6.07, 6.45) is -3.29. The lowest BCUT2D eigenvalue weighted by molar-refractivity contribution is -0.274. The smallest absolute Gasteiger partial charge is 0.480 e. The zero-order valence-corrected chi connectivity index (χ0v) is 18.6. The minimum atomic E-state index is -4.92. The molecule has 0 radical (unpaired) electrons. The van der Waals surface area contributed by atoms with Crippen LogP contribution in [0, 0.1) is 0 Å². The number of fused-ring (bicyclic) bond motifs is 1. The summed E-state index contributed by atoms with van der Waals surface area (Å²) in [5.41, 5.74) is 1.07. The van der Waals surface area contributed by atoms with Gasteiger partial charge in [-0.25, -0.2) is 4.79 Å². The maximum absolute atomic E-state index is 12.6. The number of hydrogen-bond acceptors (Lipinski definition) is 6. The molecule has 2 aromatic carbocycles. The van der Waals surface area contributed by atoms with Crippen molar-refractivity contribution in [2.24, 2.45) is 0 Å². The number of alkyl halides is 3. The predicted molar refractivity (Wildman–Crippen MR) is 124 cm³/mol. The Balaban J connectivity index is 1.48. The van der Waals surface area contributed by atoms with E-state index in [9.17, 15) is 27.6 Å². The van der Waals surface area contributed by atoms with Gasteiger partial charge in [0.2, 0.25) is 0 Å². The van der Waals surface area contributed by atoms with E-state index in [4.69, 9.17) is 5.11 Å². The van der Waals surface area contributed by atoms with Crippen LogP contribution in [0.4, 0.5) is 29.3 Å². The van der Waals surface area contributed by atoms with Gasteiger partial charge in [-0.05, 0) is 48.5 Å². The van der Waals surface area contributed by atoms with E-state index in [1.54, 1.807) is 28.8 Å². The van der Waals surface area contributed by atoms with Crippen LogP contribution in [0.5, 0.6) is 5.75 Å². The fraction of sp³-hybridized carbons (Fsp3) is 0.0870. The van der Waals surface area contributed by atoms with Gasteiger partial charge in [-0.3, -0.25) is 14.0 Å². The lowest BCUT2D eigenvalue weighted by Crippen LogP contribution is -2.29. The number of pyridine rings is 1. The van der Waals surface area contributed by atoms with Crippen molar-refractivity contribution < 1.29 is 37.4 Å². The van der Waals surface area contributed by atoms with E-state index < -0.39 is 36.6 Å². The number of urea groups is 1. The van der Waals surface area contributed by atoms with E-state index >= 15 is 0 Å². The molecular weight excluding hydrogens is 497 g/mol. The number of aromatic nitrogens is 3. The van der Waals surface area contributed by atoms with Gasteiger partial charge in [0.25, 0.3) is 5.91 Å². The number of carbonyl (C=O) groups excluding carboxylic acids is 2. The third kappa shape index (κ3) is 6.11. The van der Waals surface area contributed by atoms with Crippen molar-refractivity contribution in [2.45, 2.75) is 6.36 Å². The molecule has 0 aliphatic rings. The number of benzene rings is 2. The summed E-state index contributed by atoms with van der Waals surface area (Å²) in [6, 6.07) is 13.7. The van der Waals surface area contributed by atoms with Crippen LogP contribution >= 0.6 is 0 Å². The van der Waals surface area contributed by atoms with E-state index in [1.807, 2.05) is 0 Å². The van der Waals surface area contributed by atoms with Crippen molar-refractivity contribution in [3.05, 3.63) is 72.4 Å². The molecule has 0 fully saturated rings. The highest BCUT2D eigenvalue weighted by Gasteiger charge is 2.32. The molecule has 0 unspecified atom stereocenters. The Kier molecular flexibility index (Phi) is 6.90. The molecule has 0 aliphatic heterocycles. The van der Waals surface area contributed by atoms with Crippen LogP contribution in [-0.4, -0.2) is 50.5 Å². The first-order valence-electron chi connectivity index (χ1n) is 10.5. The highest BCUT2D eigenvalue weighted by atomic mass is 19.4. The summed E-state index contributed by atoms with van der Waals surface area (Å²) in [5.74, 6) is -2.00. The average molecular weight is 514 g/mol. The first-order chi connectivity index (χ1) is 17.6. The summed E-state index contributed by atoms with van der Waals surface area (Å²) in [6.45, 7) is -0.552. The molecule has 0 atom stereocenters. The van der Waals surface area contributed by atoms with Crippen molar-refractivity contribution in [2.75, 3.05) is 17.2 Å². The molecule has 4 rings (SSSR count). The second kappa shape index (κ2) is 10.2. The largest absolute Gasteiger partial charge is 0.573 e. The number of carbonyl (C=O) groups is 3. The van der Waals surface area contributed by atoms with Crippen LogP contribution in [0.25, 0.3) is 17.0 Å². The number of para-hydroxylation sites is 2. The van der Waals surface area contributed by atoms with E-state index in [0.717, 1.165) is 6.07 Å². The van der Waals surface area contributed by atoms with Crippen molar-refractivity contribution in [3.8, 4) is 17.1 Å². The molecule has 2 aromatic heterocycles.